The molecule has 7 nitrogen and oxygen atoms in total. The van der Waals surface area contributed by atoms with Gasteiger partial charge < -0.3 is 34.1 Å². The Balaban J connectivity index is 0.987. The highest BCUT2D eigenvalue weighted by atomic mass is 16.5. The van der Waals surface area contributed by atoms with Crippen molar-refractivity contribution in [3.05, 3.63) is 0 Å². The Bertz CT molecular complexity index is 1820. The van der Waals surface area contributed by atoms with Gasteiger partial charge in [0, 0.05) is 39.5 Å². The summed E-state index contributed by atoms with van der Waals surface area (Å²) < 4.78 is 25.3. The molecule has 4 aliphatic carbocycles. The van der Waals surface area contributed by atoms with E-state index in [9.17, 15) is 10.2 Å². The van der Waals surface area contributed by atoms with Gasteiger partial charge in [-0.3, -0.25) is 0 Å². The number of ether oxygens (including phenoxy) is 4. The van der Waals surface area contributed by atoms with Crippen LogP contribution < -0.4 is 0 Å². The van der Waals surface area contributed by atoms with Gasteiger partial charge >= 0.3 is 0 Å². The first-order valence-corrected chi connectivity index (χ1v) is 43.6. The van der Waals surface area contributed by atoms with Crippen LogP contribution in [0.3, 0.4) is 0 Å². The average molecular weight is 1350 g/mol. The van der Waals surface area contributed by atoms with E-state index in [1.165, 1.54) is 257 Å². The van der Waals surface area contributed by atoms with Crippen LogP contribution in [0.5, 0.6) is 0 Å². The molecule has 7 heteroatoms. The first-order chi connectivity index (χ1) is 46.3. The molecule has 22 unspecified atom stereocenters. The Labute approximate surface area is 600 Å². The number of aliphatic hydroxyl groups is 2. The topological polar surface area (TPSA) is 80.6 Å². The minimum atomic E-state index is -0.196. The number of fused-ring (bicyclic) bond motifs is 8. The minimum absolute atomic E-state index is 0.0511. The minimum Gasteiger partial charge on any atom is -0.395 e. The third-order valence-corrected chi connectivity index (χ3v) is 27.8. The Morgan fingerprint density at radius 3 is 0.833 bits per heavy atom. The lowest BCUT2D eigenvalue weighted by atomic mass is 9.84. The molecule has 5 fully saturated rings. The molecule has 5 rings (SSSR count). The maximum Gasteiger partial charge on any atom is 0.104 e. The molecule has 0 aromatic carbocycles. The lowest BCUT2D eigenvalue weighted by Gasteiger charge is -2.25. The molecule has 8 bridgehead atoms. The van der Waals surface area contributed by atoms with Gasteiger partial charge in [-0.15, -0.1) is 0 Å². The fourth-order valence-electron chi connectivity index (χ4n) is 19.8. The maximum atomic E-state index is 10.1. The van der Waals surface area contributed by atoms with E-state index in [0.717, 1.165) is 153 Å². The van der Waals surface area contributed by atoms with Crippen molar-refractivity contribution >= 4 is 0 Å². The van der Waals surface area contributed by atoms with Gasteiger partial charge in [0.05, 0.1) is 32.5 Å². The van der Waals surface area contributed by atoms with Crippen molar-refractivity contribution in [3.8, 4) is 0 Å². The van der Waals surface area contributed by atoms with Gasteiger partial charge in [-0.25, -0.2) is 0 Å². The van der Waals surface area contributed by atoms with E-state index in [1.807, 2.05) is 0 Å². The third kappa shape index (κ3) is 38.5. The standard InChI is InChI=1S/C89H171NO6/c1-68-22-14-30-76(9)84-46-42-80(60-84)34-18-26-72(5)50-56-93-66-88(64-90(13)54-55-91)95-58-52-74(7)28-20-36-82-44-48-86(62-82)78(11)32-16-24-70(3)40-41-71(4)25-17-33-79(12)87-49-45-83(63-87)37-21-29-75(8)53-59-96-89(65-92)67-94-57-51-73(6)27-19-35-81-43-47-85(61-81)77(10)31-15-23-69(2)39-38-68/h68-89,91-92H,14-67H2,1-13H3. The Kier molecular flexibility index (Phi) is 46.6. The highest BCUT2D eigenvalue weighted by Crippen LogP contribution is 2.45. The van der Waals surface area contributed by atoms with Crippen molar-refractivity contribution in [1.29, 1.82) is 0 Å². The van der Waals surface area contributed by atoms with Crippen LogP contribution in [0.2, 0.25) is 0 Å². The van der Waals surface area contributed by atoms with Gasteiger partial charge in [0.25, 0.3) is 0 Å². The zero-order valence-electron chi connectivity index (χ0n) is 66.9. The van der Waals surface area contributed by atoms with Gasteiger partial charge in [-0.2, -0.15) is 0 Å². The van der Waals surface area contributed by atoms with Crippen LogP contribution in [0.25, 0.3) is 0 Å². The highest BCUT2D eigenvalue weighted by molar-refractivity contribution is 4.84. The van der Waals surface area contributed by atoms with Crippen LogP contribution in [0.4, 0.5) is 0 Å². The lowest BCUT2D eigenvalue weighted by Crippen LogP contribution is -2.36. The van der Waals surface area contributed by atoms with Crippen molar-refractivity contribution < 1.29 is 29.2 Å². The van der Waals surface area contributed by atoms with Crippen molar-refractivity contribution in [3.63, 3.8) is 0 Å². The van der Waals surface area contributed by atoms with Gasteiger partial charge in [-0.05, 0) is 202 Å². The van der Waals surface area contributed by atoms with E-state index in [4.69, 9.17) is 18.9 Å². The summed E-state index contributed by atoms with van der Waals surface area (Å²) in [5.74, 6) is 17.4. The monoisotopic (exact) mass is 1350 g/mol. The molecule has 5 aliphatic rings. The van der Waals surface area contributed by atoms with Crippen LogP contribution >= 0.6 is 0 Å². The number of hydrogen-bond donors (Lipinski definition) is 2. The van der Waals surface area contributed by atoms with Gasteiger partial charge in [-0.1, -0.05) is 289 Å². The quantitative estimate of drug-likeness (QED) is 0.284. The second-order valence-electron chi connectivity index (χ2n) is 37.1. The van der Waals surface area contributed by atoms with E-state index in [1.54, 1.807) is 0 Å². The van der Waals surface area contributed by atoms with Crippen LogP contribution in [-0.2, 0) is 18.9 Å². The number of rotatable bonds is 5. The molecule has 0 aromatic heterocycles. The number of aliphatic hydroxyl groups excluding tert-OH is 2. The van der Waals surface area contributed by atoms with Gasteiger partial charge in [0.2, 0.25) is 0 Å². The fraction of sp³-hybridized carbons (Fsp3) is 1.00. The van der Waals surface area contributed by atoms with E-state index in [-0.39, 0.29) is 25.4 Å². The van der Waals surface area contributed by atoms with Gasteiger partial charge in [0.1, 0.15) is 6.10 Å². The summed E-state index contributed by atoms with van der Waals surface area (Å²) in [7, 11) is 2.10. The molecule has 96 heavy (non-hydrogen) atoms. The molecule has 2 N–H and O–H groups in total. The van der Waals surface area contributed by atoms with E-state index >= 15 is 0 Å². The molecule has 4 saturated carbocycles. The predicted molar refractivity (Wildman–Crippen MR) is 414 cm³/mol. The Morgan fingerprint density at radius 2 is 0.542 bits per heavy atom. The summed E-state index contributed by atoms with van der Waals surface area (Å²) in [6.07, 6.45) is 61.2. The molecular weight excluding hydrogens is 1180 g/mol. The molecule has 0 radical (unpaired) electrons. The summed E-state index contributed by atoms with van der Waals surface area (Å²) in [6, 6.07) is 0. The van der Waals surface area contributed by atoms with Crippen LogP contribution in [0.15, 0.2) is 0 Å². The third-order valence-electron chi connectivity index (χ3n) is 27.8. The molecule has 568 valence electrons. The number of nitrogens with zero attached hydrogens (tertiary/aromatic N) is 1. The summed E-state index contributed by atoms with van der Waals surface area (Å²) in [4.78, 5) is 2.21. The predicted octanol–water partition coefficient (Wildman–Crippen LogP) is 24.5. The average Bonchev–Trinajstić information content (AvgIpc) is 2.48. The SMILES string of the molecule is CC1CCCC2CCC(C2)C(C)CCCC(C)CCC(C)CCCC(C)C2CCC(CCCC(C)CCOCC(CN(C)CCO)OCCC(C)CCCC3CCC(C3)C(C)CCCC(C)CCC(C)CCCC(C)C3CCC(CCCC(C)CCOC(CO)COCC1)C3)C2. The smallest absolute Gasteiger partial charge is 0.104 e. The van der Waals surface area contributed by atoms with E-state index in [2.05, 4.69) is 95.0 Å². The summed E-state index contributed by atoms with van der Waals surface area (Å²) in [6.45, 7) is 36.3. The molecule has 0 amide bonds. The first-order valence-electron chi connectivity index (χ1n) is 43.6. The second kappa shape index (κ2) is 51.8. The maximum absolute atomic E-state index is 10.1. The first kappa shape index (κ1) is 86.4. The van der Waals surface area contributed by atoms with E-state index < -0.39 is 0 Å². The summed E-state index contributed by atoms with van der Waals surface area (Å²) in [5, 5.41) is 19.8. The zero-order chi connectivity index (χ0) is 69.3. The second-order valence-corrected chi connectivity index (χ2v) is 37.1. The zero-order valence-corrected chi connectivity index (χ0v) is 66.9. The summed E-state index contributed by atoms with van der Waals surface area (Å²) >= 11 is 0. The largest absolute Gasteiger partial charge is 0.395 e. The fourth-order valence-corrected chi connectivity index (χ4v) is 19.8. The van der Waals surface area contributed by atoms with Crippen LogP contribution in [0, 0.1) is 118 Å². The van der Waals surface area contributed by atoms with E-state index in [0.29, 0.717) is 43.4 Å². The number of hydrogen-bond acceptors (Lipinski definition) is 7. The lowest BCUT2D eigenvalue weighted by molar-refractivity contribution is -0.0471. The van der Waals surface area contributed by atoms with Crippen molar-refractivity contribution in [2.75, 3.05) is 73.0 Å². The summed E-state index contributed by atoms with van der Waals surface area (Å²) in [5.41, 5.74) is 0. The van der Waals surface area contributed by atoms with Crippen LogP contribution in [-0.4, -0.2) is 100 Å². The molecule has 0 aromatic rings. The normalized spacial score (nSPS) is 39.5. The Hall–Kier alpha value is -0.280. The Morgan fingerprint density at radius 1 is 0.281 bits per heavy atom. The molecule has 22 atom stereocenters. The van der Waals surface area contributed by atoms with Crippen molar-refractivity contribution in [2.24, 2.45) is 118 Å². The van der Waals surface area contributed by atoms with Crippen LogP contribution in [0.1, 0.15) is 366 Å². The molecular formula is C89H171NO6. The molecule has 1 heterocycles. The molecule has 0 spiro atoms. The highest BCUT2D eigenvalue weighted by Gasteiger charge is 2.33. The number of likely N-dealkylation sites (N-methyl/N-ethyl adjacent to an activating group) is 1. The van der Waals surface area contributed by atoms with Crippen molar-refractivity contribution in [1.82, 2.24) is 4.90 Å². The van der Waals surface area contributed by atoms with Crippen molar-refractivity contribution in [2.45, 2.75) is 378 Å². The molecule has 1 aliphatic heterocycles. The molecule has 1 saturated heterocycles. The van der Waals surface area contributed by atoms with Gasteiger partial charge in [0.15, 0.2) is 0 Å².